The molecular formula is C21H14FN3OS. The van der Waals surface area contributed by atoms with Crippen molar-refractivity contribution in [1.82, 2.24) is 10.4 Å². The van der Waals surface area contributed by atoms with Crippen LogP contribution in [0.25, 0.3) is 22.2 Å². The van der Waals surface area contributed by atoms with Gasteiger partial charge in [0.05, 0.1) is 23.0 Å². The standard InChI is InChI=1S/C21H14FN3OS/c22-15-9-7-14(8-10-15)20-12-18(17-5-1-2-6-19(17)24-20)21(26)25-23-13-16-4-3-11-27-16/h1-13H,(H,25,26)/b23-13+. The van der Waals surface area contributed by atoms with Gasteiger partial charge in [0, 0.05) is 15.8 Å². The zero-order valence-corrected chi connectivity index (χ0v) is 14.9. The molecule has 0 fully saturated rings. The highest BCUT2D eigenvalue weighted by atomic mass is 32.1. The van der Waals surface area contributed by atoms with Gasteiger partial charge in [-0.25, -0.2) is 14.8 Å². The second kappa shape index (κ2) is 7.47. The molecule has 2 aromatic carbocycles. The quantitative estimate of drug-likeness (QED) is 0.409. The van der Waals surface area contributed by atoms with Gasteiger partial charge in [0.1, 0.15) is 5.82 Å². The number of para-hydroxylation sites is 1. The van der Waals surface area contributed by atoms with Gasteiger partial charge in [-0.2, -0.15) is 5.10 Å². The summed E-state index contributed by atoms with van der Waals surface area (Å²) in [5, 5.41) is 6.69. The molecule has 27 heavy (non-hydrogen) atoms. The smallest absolute Gasteiger partial charge is 0.267 e. The minimum atomic E-state index is -0.329. The first-order valence-corrected chi connectivity index (χ1v) is 9.11. The van der Waals surface area contributed by atoms with Gasteiger partial charge in [0.15, 0.2) is 0 Å². The predicted molar refractivity (Wildman–Crippen MR) is 107 cm³/mol. The SMILES string of the molecule is O=C(N/N=C/c1cccs1)c1cc(-c2ccc(F)cc2)nc2ccccc12. The summed E-state index contributed by atoms with van der Waals surface area (Å²) < 4.78 is 13.2. The number of hydrogen-bond donors (Lipinski definition) is 1. The Hall–Kier alpha value is -3.38. The number of benzene rings is 2. The van der Waals surface area contributed by atoms with E-state index in [2.05, 4.69) is 15.5 Å². The number of aromatic nitrogens is 1. The summed E-state index contributed by atoms with van der Waals surface area (Å²) in [4.78, 5) is 18.3. The van der Waals surface area contributed by atoms with Crippen LogP contribution in [0.1, 0.15) is 15.2 Å². The van der Waals surface area contributed by atoms with Gasteiger partial charge >= 0.3 is 0 Å². The third-order valence-corrected chi connectivity index (χ3v) is 4.81. The molecule has 0 spiro atoms. The van der Waals surface area contributed by atoms with E-state index >= 15 is 0 Å². The Morgan fingerprint density at radius 2 is 1.89 bits per heavy atom. The summed E-state index contributed by atoms with van der Waals surface area (Å²) in [5.74, 6) is -0.648. The number of thiophene rings is 1. The number of fused-ring (bicyclic) bond motifs is 1. The molecule has 0 saturated heterocycles. The van der Waals surface area contributed by atoms with Crippen LogP contribution >= 0.6 is 11.3 Å². The van der Waals surface area contributed by atoms with E-state index in [1.165, 1.54) is 23.5 Å². The molecule has 1 amide bonds. The third-order valence-electron chi connectivity index (χ3n) is 4.00. The average Bonchev–Trinajstić information content (AvgIpc) is 3.21. The maximum atomic E-state index is 13.2. The van der Waals surface area contributed by atoms with E-state index in [4.69, 9.17) is 0 Å². The lowest BCUT2D eigenvalue weighted by atomic mass is 10.0. The van der Waals surface area contributed by atoms with Gasteiger partial charge in [-0.3, -0.25) is 4.79 Å². The number of nitrogens with one attached hydrogen (secondary N) is 1. The van der Waals surface area contributed by atoms with Gasteiger partial charge in [-0.05, 0) is 47.8 Å². The highest BCUT2D eigenvalue weighted by Gasteiger charge is 2.13. The first-order valence-electron chi connectivity index (χ1n) is 8.23. The van der Waals surface area contributed by atoms with Crippen molar-refractivity contribution < 1.29 is 9.18 Å². The molecule has 6 heteroatoms. The minimum absolute atomic E-state index is 0.319. The highest BCUT2D eigenvalue weighted by molar-refractivity contribution is 7.11. The lowest BCUT2D eigenvalue weighted by molar-refractivity contribution is 0.0956. The van der Waals surface area contributed by atoms with Crippen LogP contribution in [0.4, 0.5) is 4.39 Å². The maximum Gasteiger partial charge on any atom is 0.272 e. The Morgan fingerprint density at radius 3 is 2.67 bits per heavy atom. The Morgan fingerprint density at radius 1 is 1.07 bits per heavy atom. The van der Waals surface area contributed by atoms with Gasteiger partial charge in [0.2, 0.25) is 0 Å². The molecule has 0 radical (unpaired) electrons. The lowest BCUT2D eigenvalue weighted by Crippen LogP contribution is -2.18. The number of carbonyl (C=O) groups is 1. The fraction of sp³-hybridized carbons (Fsp3) is 0. The normalized spacial score (nSPS) is 11.1. The van der Waals surface area contributed by atoms with Crippen molar-refractivity contribution in [2.45, 2.75) is 0 Å². The molecule has 2 heterocycles. The largest absolute Gasteiger partial charge is 0.272 e. The van der Waals surface area contributed by atoms with Crippen molar-refractivity contribution in [1.29, 1.82) is 0 Å². The topological polar surface area (TPSA) is 54.4 Å². The Bertz CT molecular complexity index is 1120. The van der Waals surface area contributed by atoms with E-state index in [9.17, 15) is 9.18 Å². The summed E-state index contributed by atoms with van der Waals surface area (Å²) in [6.45, 7) is 0. The van der Waals surface area contributed by atoms with Gasteiger partial charge < -0.3 is 0 Å². The zero-order valence-electron chi connectivity index (χ0n) is 14.1. The van der Waals surface area contributed by atoms with E-state index in [0.717, 1.165) is 15.8 Å². The first-order chi connectivity index (χ1) is 13.2. The first kappa shape index (κ1) is 17.1. The van der Waals surface area contributed by atoms with Crippen LogP contribution in [0.3, 0.4) is 0 Å². The summed E-state index contributed by atoms with van der Waals surface area (Å²) in [5.41, 5.74) is 5.05. The van der Waals surface area contributed by atoms with E-state index in [1.807, 2.05) is 41.8 Å². The van der Waals surface area contributed by atoms with Crippen molar-refractivity contribution in [3.63, 3.8) is 0 Å². The fourth-order valence-corrected chi connectivity index (χ4v) is 3.30. The molecular weight excluding hydrogens is 361 g/mol. The van der Waals surface area contributed by atoms with Crippen molar-refractivity contribution in [2.75, 3.05) is 0 Å². The minimum Gasteiger partial charge on any atom is -0.267 e. The Labute approximate surface area is 159 Å². The maximum absolute atomic E-state index is 13.2. The van der Waals surface area contributed by atoms with Crippen molar-refractivity contribution in [3.05, 3.63) is 88.4 Å². The number of pyridine rings is 1. The van der Waals surface area contributed by atoms with Crippen LogP contribution in [-0.2, 0) is 0 Å². The van der Waals surface area contributed by atoms with Crippen LogP contribution in [-0.4, -0.2) is 17.1 Å². The molecule has 0 bridgehead atoms. The molecule has 2 aromatic heterocycles. The predicted octanol–water partition coefficient (Wildman–Crippen LogP) is 4.87. The van der Waals surface area contributed by atoms with Crippen LogP contribution in [0.2, 0.25) is 0 Å². The Balaban J connectivity index is 1.71. The molecule has 0 aliphatic heterocycles. The average molecular weight is 375 g/mol. The second-order valence-corrected chi connectivity index (χ2v) is 6.77. The number of nitrogens with zero attached hydrogens (tertiary/aromatic N) is 2. The molecule has 0 unspecified atom stereocenters. The summed E-state index contributed by atoms with van der Waals surface area (Å²) in [6.07, 6.45) is 1.60. The van der Waals surface area contributed by atoms with Crippen molar-refractivity contribution >= 4 is 34.4 Å². The molecule has 132 valence electrons. The number of rotatable bonds is 4. The Kier molecular flexibility index (Phi) is 4.72. The van der Waals surface area contributed by atoms with Gasteiger partial charge in [-0.1, -0.05) is 24.3 Å². The molecule has 4 aromatic rings. The summed E-state index contributed by atoms with van der Waals surface area (Å²) in [6, 6.07) is 19.0. The zero-order chi connectivity index (χ0) is 18.6. The van der Waals surface area contributed by atoms with Crippen molar-refractivity contribution in [2.24, 2.45) is 5.10 Å². The molecule has 1 N–H and O–H groups in total. The number of hydrazone groups is 1. The highest BCUT2D eigenvalue weighted by Crippen LogP contribution is 2.25. The number of hydrogen-bond acceptors (Lipinski definition) is 4. The summed E-state index contributed by atoms with van der Waals surface area (Å²) >= 11 is 1.53. The van der Waals surface area contributed by atoms with Gasteiger partial charge in [-0.15, -0.1) is 11.3 Å². The third kappa shape index (κ3) is 3.75. The molecule has 0 atom stereocenters. The number of carbonyl (C=O) groups excluding carboxylic acids is 1. The number of amides is 1. The van der Waals surface area contributed by atoms with Crippen LogP contribution in [0, 0.1) is 5.82 Å². The van der Waals surface area contributed by atoms with E-state index in [1.54, 1.807) is 24.4 Å². The molecule has 4 nitrogen and oxygen atoms in total. The van der Waals surface area contributed by atoms with E-state index < -0.39 is 0 Å². The summed E-state index contributed by atoms with van der Waals surface area (Å²) in [7, 11) is 0. The number of halogens is 1. The molecule has 0 aliphatic carbocycles. The van der Waals surface area contributed by atoms with Crippen LogP contribution in [0.5, 0.6) is 0 Å². The van der Waals surface area contributed by atoms with Crippen LogP contribution in [0.15, 0.2) is 77.2 Å². The van der Waals surface area contributed by atoms with Gasteiger partial charge in [0.25, 0.3) is 5.91 Å². The second-order valence-electron chi connectivity index (χ2n) is 5.79. The molecule has 0 saturated carbocycles. The van der Waals surface area contributed by atoms with E-state index in [0.29, 0.717) is 16.8 Å². The van der Waals surface area contributed by atoms with E-state index in [-0.39, 0.29) is 11.7 Å². The molecule has 0 aliphatic rings. The monoisotopic (exact) mass is 375 g/mol. The lowest BCUT2D eigenvalue weighted by Gasteiger charge is -2.09. The van der Waals surface area contributed by atoms with Crippen LogP contribution < -0.4 is 5.43 Å². The fourth-order valence-electron chi connectivity index (χ4n) is 2.71. The van der Waals surface area contributed by atoms with Crippen molar-refractivity contribution in [3.8, 4) is 11.3 Å². The molecule has 4 rings (SSSR count).